The first-order chi connectivity index (χ1) is 6.29. The first-order valence-electron chi connectivity index (χ1n) is 4.91. The summed E-state index contributed by atoms with van der Waals surface area (Å²) in [7, 11) is 2.08. The Morgan fingerprint density at radius 3 is 2.92 bits per heavy atom. The summed E-state index contributed by atoms with van der Waals surface area (Å²) >= 11 is 0. The van der Waals surface area contributed by atoms with Crippen LogP contribution in [0.15, 0.2) is 18.3 Å². The lowest BCUT2D eigenvalue weighted by atomic mass is 10.0. The van der Waals surface area contributed by atoms with Crippen molar-refractivity contribution in [3.8, 4) is 0 Å². The summed E-state index contributed by atoms with van der Waals surface area (Å²) in [4.78, 5) is 0. The minimum Gasteiger partial charge on any atom is -0.353 e. The summed E-state index contributed by atoms with van der Waals surface area (Å²) in [5.41, 5.74) is 1.34. The number of nitrogens with zero attached hydrogens (tertiary/aromatic N) is 2. The fourth-order valence-corrected chi connectivity index (χ4v) is 2.09. The molecule has 0 aromatic carbocycles. The number of hydrogen-bond acceptors (Lipinski definition) is 2. The van der Waals surface area contributed by atoms with Gasteiger partial charge in [0.05, 0.1) is 6.04 Å². The molecule has 2 heterocycles. The van der Waals surface area contributed by atoms with Gasteiger partial charge in [0.25, 0.3) is 0 Å². The van der Waals surface area contributed by atoms with Crippen LogP contribution in [0.3, 0.4) is 0 Å². The van der Waals surface area contributed by atoms with Crippen LogP contribution >= 0.6 is 0 Å². The standard InChI is InChI=1S/C10H17N3/c1-12-7-4-6-9(12)10-5-2-3-8-13(10)11/h4,6-7,10H,2-3,5,8,11H2,1H3. The van der Waals surface area contributed by atoms with E-state index in [1.807, 2.05) is 5.01 Å². The van der Waals surface area contributed by atoms with Gasteiger partial charge < -0.3 is 4.57 Å². The topological polar surface area (TPSA) is 34.2 Å². The first-order valence-corrected chi connectivity index (χ1v) is 4.91. The molecule has 3 heteroatoms. The molecule has 0 saturated carbocycles. The highest BCUT2D eigenvalue weighted by atomic mass is 15.4. The summed E-state index contributed by atoms with van der Waals surface area (Å²) in [5, 5.41) is 1.97. The molecule has 1 aromatic heterocycles. The summed E-state index contributed by atoms with van der Waals surface area (Å²) in [5.74, 6) is 5.96. The second-order valence-corrected chi connectivity index (χ2v) is 3.79. The normalized spacial score (nSPS) is 24.9. The van der Waals surface area contributed by atoms with E-state index >= 15 is 0 Å². The van der Waals surface area contributed by atoms with E-state index < -0.39 is 0 Å². The number of hydrazine groups is 1. The molecule has 0 bridgehead atoms. The van der Waals surface area contributed by atoms with Crippen LogP contribution in [0.25, 0.3) is 0 Å². The molecule has 1 aliphatic rings. The number of piperidine rings is 1. The Balaban J connectivity index is 2.19. The molecule has 72 valence electrons. The lowest BCUT2D eigenvalue weighted by Gasteiger charge is -2.32. The van der Waals surface area contributed by atoms with Crippen molar-refractivity contribution in [3.63, 3.8) is 0 Å². The first kappa shape index (κ1) is 8.78. The van der Waals surface area contributed by atoms with E-state index in [-0.39, 0.29) is 0 Å². The van der Waals surface area contributed by atoms with Gasteiger partial charge in [-0.2, -0.15) is 0 Å². The number of rotatable bonds is 1. The van der Waals surface area contributed by atoms with Crippen LogP contribution in [-0.2, 0) is 7.05 Å². The summed E-state index contributed by atoms with van der Waals surface area (Å²) in [6, 6.07) is 4.67. The van der Waals surface area contributed by atoms with Crippen molar-refractivity contribution < 1.29 is 0 Å². The van der Waals surface area contributed by atoms with E-state index in [1.54, 1.807) is 0 Å². The van der Waals surface area contributed by atoms with Gasteiger partial charge in [0.15, 0.2) is 0 Å². The lowest BCUT2D eigenvalue weighted by molar-refractivity contribution is 0.145. The SMILES string of the molecule is Cn1cccc1C1CCCCN1N. The maximum absolute atomic E-state index is 5.96. The molecule has 2 N–H and O–H groups in total. The fourth-order valence-electron chi connectivity index (χ4n) is 2.09. The van der Waals surface area contributed by atoms with Crippen LogP contribution in [0.1, 0.15) is 31.0 Å². The van der Waals surface area contributed by atoms with E-state index in [4.69, 9.17) is 5.84 Å². The smallest absolute Gasteiger partial charge is 0.0642 e. The second-order valence-electron chi connectivity index (χ2n) is 3.79. The van der Waals surface area contributed by atoms with Crippen LogP contribution < -0.4 is 5.84 Å². The molecule has 13 heavy (non-hydrogen) atoms. The van der Waals surface area contributed by atoms with Gasteiger partial charge in [-0.05, 0) is 25.0 Å². The lowest BCUT2D eigenvalue weighted by Crippen LogP contribution is -2.39. The van der Waals surface area contributed by atoms with Gasteiger partial charge in [-0.1, -0.05) is 6.42 Å². The largest absolute Gasteiger partial charge is 0.353 e. The highest BCUT2D eigenvalue weighted by Crippen LogP contribution is 2.27. The molecule has 3 nitrogen and oxygen atoms in total. The molecule has 0 radical (unpaired) electrons. The molecule has 2 rings (SSSR count). The molecule has 0 spiro atoms. The van der Waals surface area contributed by atoms with Crippen LogP contribution in [0.5, 0.6) is 0 Å². The number of aromatic nitrogens is 1. The fraction of sp³-hybridized carbons (Fsp3) is 0.600. The number of aryl methyl sites for hydroxylation is 1. The minimum atomic E-state index is 0.425. The summed E-state index contributed by atoms with van der Waals surface area (Å²) < 4.78 is 2.16. The third kappa shape index (κ3) is 1.62. The average molecular weight is 179 g/mol. The second kappa shape index (κ2) is 3.52. The van der Waals surface area contributed by atoms with Gasteiger partial charge in [0.1, 0.15) is 0 Å². The van der Waals surface area contributed by atoms with Crippen LogP contribution in [0.2, 0.25) is 0 Å². The molecule has 0 amide bonds. The molecule has 1 atom stereocenters. The highest BCUT2D eigenvalue weighted by molar-refractivity contribution is 5.12. The molecular formula is C10H17N3. The van der Waals surface area contributed by atoms with Crippen molar-refractivity contribution in [2.45, 2.75) is 25.3 Å². The molecule has 1 aromatic rings. The van der Waals surface area contributed by atoms with E-state index in [9.17, 15) is 0 Å². The monoisotopic (exact) mass is 179 g/mol. The Labute approximate surface area is 79.1 Å². The van der Waals surface area contributed by atoms with E-state index in [2.05, 4.69) is 29.9 Å². The number of nitrogens with two attached hydrogens (primary N) is 1. The van der Waals surface area contributed by atoms with Gasteiger partial charge in [0.2, 0.25) is 0 Å². The Morgan fingerprint density at radius 1 is 1.46 bits per heavy atom. The van der Waals surface area contributed by atoms with Crippen LogP contribution in [0, 0.1) is 0 Å². The molecule has 1 aliphatic heterocycles. The van der Waals surface area contributed by atoms with Gasteiger partial charge >= 0.3 is 0 Å². The van der Waals surface area contributed by atoms with Crippen molar-refractivity contribution in [1.29, 1.82) is 0 Å². The predicted molar refractivity (Wildman–Crippen MR) is 52.9 cm³/mol. The Bertz CT molecular complexity index is 279. The third-order valence-corrected chi connectivity index (χ3v) is 2.87. The average Bonchev–Trinajstić information content (AvgIpc) is 2.52. The zero-order valence-electron chi connectivity index (χ0n) is 8.11. The van der Waals surface area contributed by atoms with Crippen LogP contribution in [-0.4, -0.2) is 16.1 Å². The van der Waals surface area contributed by atoms with Gasteiger partial charge in [0, 0.05) is 25.5 Å². The molecule has 1 unspecified atom stereocenters. The molecule has 1 saturated heterocycles. The van der Waals surface area contributed by atoms with Crippen molar-refractivity contribution in [1.82, 2.24) is 9.58 Å². The Hall–Kier alpha value is -0.800. The number of hydrogen-bond donors (Lipinski definition) is 1. The third-order valence-electron chi connectivity index (χ3n) is 2.87. The van der Waals surface area contributed by atoms with Gasteiger partial charge in [-0.25, -0.2) is 5.01 Å². The molecule has 0 aliphatic carbocycles. The zero-order valence-corrected chi connectivity index (χ0v) is 8.11. The van der Waals surface area contributed by atoms with E-state index in [0.29, 0.717) is 6.04 Å². The maximum Gasteiger partial charge on any atom is 0.0642 e. The zero-order chi connectivity index (χ0) is 9.26. The van der Waals surface area contributed by atoms with Gasteiger partial charge in [-0.3, -0.25) is 5.84 Å². The molecule has 1 fully saturated rings. The minimum absolute atomic E-state index is 0.425. The van der Waals surface area contributed by atoms with Crippen molar-refractivity contribution in [2.75, 3.05) is 6.54 Å². The quantitative estimate of drug-likeness (QED) is 0.662. The molecular weight excluding hydrogens is 162 g/mol. The Morgan fingerprint density at radius 2 is 2.31 bits per heavy atom. The Kier molecular flexibility index (Phi) is 2.38. The van der Waals surface area contributed by atoms with Crippen molar-refractivity contribution in [2.24, 2.45) is 12.9 Å². The van der Waals surface area contributed by atoms with Crippen molar-refractivity contribution >= 4 is 0 Å². The highest BCUT2D eigenvalue weighted by Gasteiger charge is 2.22. The summed E-state index contributed by atoms with van der Waals surface area (Å²) in [6.45, 7) is 1.02. The summed E-state index contributed by atoms with van der Waals surface area (Å²) in [6.07, 6.45) is 5.80. The van der Waals surface area contributed by atoms with E-state index in [0.717, 1.165) is 6.54 Å². The predicted octanol–water partition coefficient (Wildman–Crippen LogP) is 1.43. The van der Waals surface area contributed by atoms with Gasteiger partial charge in [-0.15, -0.1) is 0 Å². The van der Waals surface area contributed by atoms with Crippen LogP contribution in [0.4, 0.5) is 0 Å². The maximum atomic E-state index is 5.96. The van der Waals surface area contributed by atoms with Crippen molar-refractivity contribution in [3.05, 3.63) is 24.0 Å². The van der Waals surface area contributed by atoms with E-state index in [1.165, 1.54) is 25.0 Å².